The molecule has 0 aliphatic carbocycles. The summed E-state index contributed by atoms with van der Waals surface area (Å²) in [7, 11) is 0. The van der Waals surface area contributed by atoms with E-state index in [0.717, 1.165) is 12.8 Å². The van der Waals surface area contributed by atoms with Crippen LogP contribution in [0.3, 0.4) is 0 Å². The maximum absolute atomic E-state index is 13.1. The molecule has 2 aliphatic rings. The third-order valence-corrected chi connectivity index (χ3v) is 5.60. The molecule has 0 N–H and O–H groups in total. The molecule has 3 heterocycles. The molecule has 1 unspecified atom stereocenters. The highest BCUT2D eigenvalue weighted by molar-refractivity contribution is 5.98. The zero-order valence-electron chi connectivity index (χ0n) is 17.2. The van der Waals surface area contributed by atoms with E-state index >= 15 is 0 Å². The van der Waals surface area contributed by atoms with Crippen LogP contribution in [-0.2, 0) is 9.53 Å². The van der Waals surface area contributed by atoms with Gasteiger partial charge in [-0.1, -0.05) is 13.8 Å². The highest BCUT2D eigenvalue weighted by atomic mass is 16.5. The molecule has 0 saturated carbocycles. The van der Waals surface area contributed by atoms with Gasteiger partial charge in [0.05, 0.1) is 0 Å². The first-order valence-corrected chi connectivity index (χ1v) is 10.1. The Balaban J connectivity index is 1.80. The number of nitrogens with zero attached hydrogens (tertiary/aromatic N) is 2. The van der Waals surface area contributed by atoms with Crippen LogP contribution < -0.4 is 5.63 Å². The van der Waals surface area contributed by atoms with Gasteiger partial charge in [0.25, 0.3) is 5.91 Å². The van der Waals surface area contributed by atoms with Crippen LogP contribution in [0.2, 0.25) is 0 Å². The number of rotatable bonds is 4. The van der Waals surface area contributed by atoms with Crippen LogP contribution in [0.1, 0.15) is 61.2 Å². The number of aryl methyl sites for hydroxylation is 1. The minimum atomic E-state index is -0.615. The van der Waals surface area contributed by atoms with E-state index in [2.05, 4.69) is 13.8 Å². The fraction of sp³-hybridized carbons (Fsp3) is 0.667. The quantitative estimate of drug-likeness (QED) is 0.787. The van der Waals surface area contributed by atoms with E-state index in [9.17, 15) is 14.4 Å². The standard InChI is InChI=1S/C21H30N2O5/c1-13(2)12-22-7-8-23(15(4)19(22)24)20(25)18-14(3)11-17(28-21(18)26)16-5-9-27-10-6-16/h11,13,15-16H,5-10,12H2,1-4H3. The number of hydrogen-bond acceptors (Lipinski definition) is 5. The summed E-state index contributed by atoms with van der Waals surface area (Å²) in [6.07, 6.45) is 1.61. The summed E-state index contributed by atoms with van der Waals surface area (Å²) in [6, 6.07) is 1.21. The molecular weight excluding hydrogens is 360 g/mol. The summed E-state index contributed by atoms with van der Waals surface area (Å²) in [5.41, 5.74) is 0.0236. The van der Waals surface area contributed by atoms with Gasteiger partial charge >= 0.3 is 5.63 Å². The lowest BCUT2D eigenvalue weighted by Gasteiger charge is -2.39. The largest absolute Gasteiger partial charge is 0.427 e. The minimum Gasteiger partial charge on any atom is -0.427 e. The number of hydrogen-bond donors (Lipinski definition) is 0. The van der Waals surface area contributed by atoms with Crippen LogP contribution in [0.15, 0.2) is 15.3 Å². The number of piperazine rings is 1. The van der Waals surface area contributed by atoms with Gasteiger partial charge in [-0.2, -0.15) is 0 Å². The first-order chi connectivity index (χ1) is 13.3. The number of carbonyl (C=O) groups is 2. The first kappa shape index (κ1) is 20.6. The molecule has 1 atom stereocenters. The molecule has 2 amide bonds. The van der Waals surface area contributed by atoms with Crippen LogP contribution in [-0.4, -0.2) is 60.5 Å². The predicted molar refractivity (Wildman–Crippen MR) is 104 cm³/mol. The summed E-state index contributed by atoms with van der Waals surface area (Å²) in [4.78, 5) is 41.7. The Bertz CT molecular complexity index is 794. The second-order valence-electron chi connectivity index (χ2n) is 8.23. The monoisotopic (exact) mass is 390 g/mol. The van der Waals surface area contributed by atoms with E-state index in [1.54, 1.807) is 24.8 Å². The molecule has 28 heavy (non-hydrogen) atoms. The van der Waals surface area contributed by atoms with E-state index in [1.165, 1.54) is 4.90 Å². The molecule has 0 radical (unpaired) electrons. The SMILES string of the molecule is Cc1cc(C2CCOCC2)oc(=O)c1C(=O)N1CCN(CC(C)C)C(=O)C1C. The predicted octanol–water partition coefficient (Wildman–Crippen LogP) is 2.17. The fourth-order valence-corrected chi connectivity index (χ4v) is 4.05. The molecule has 7 nitrogen and oxygen atoms in total. The second-order valence-corrected chi connectivity index (χ2v) is 8.23. The van der Waals surface area contributed by atoms with E-state index in [4.69, 9.17) is 9.15 Å². The van der Waals surface area contributed by atoms with Crippen molar-refractivity contribution in [3.8, 4) is 0 Å². The average Bonchev–Trinajstić information content (AvgIpc) is 2.65. The Morgan fingerprint density at radius 2 is 1.89 bits per heavy atom. The summed E-state index contributed by atoms with van der Waals surface area (Å²) < 4.78 is 10.9. The number of ether oxygens (including phenoxy) is 1. The Kier molecular flexibility index (Phi) is 6.23. The van der Waals surface area contributed by atoms with Crippen LogP contribution >= 0.6 is 0 Å². The highest BCUT2D eigenvalue weighted by Gasteiger charge is 2.36. The van der Waals surface area contributed by atoms with Crippen molar-refractivity contribution < 1.29 is 18.7 Å². The van der Waals surface area contributed by atoms with Crippen LogP contribution in [0.25, 0.3) is 0 Å². The maximum Gasteiger partial charge on any atom is 0.349 e. The van der Waals surface area contributed by atoms with Gasteiger partial charge in [-0.3, -0.25) is 9.59 Å². The summed E-state index contributed by atoms with van der Waals surface area (Å²) in [5.74, 6) is 0.632. The van der Waals surface area contributed by atoms with Crippen molar-refractivity contribution in [3.05, 3.63) is 33.4 Å². The fourth-order valence-electron chi connectivity index (χ4n) is 4.05. The molecule has 0 spiro atoms. The lowest BCUT2D eigenvalue weighted by Crippen LogP contribution is -2.58. The normalized spacial score (nSPS) is 21.5. The van der Waals surface area contributed by atoms with Gasteiger partial charge in [0.1, 0.15) is 17.4 Å². The van der Waals surface area contributed by atoms with Gasteiger partial charge in [0.2, 0.25) is 5.91 Å². The van der Waals surface area contributed by atoms with Gasteiger partial charge < -0.3 is 19.0 Å². The summed E-state index contributed by atoms with van der Waals surface area (Å²) >= 11 is 0. The summed E-state index contributed by atoms with van der Waals surface area (Å²) in [5, 5.41) is 0. The Morgan fingerprint density at radius 3 is 2.50 bits per heavy atom. The Hall–Kier alpha value is -2.15. The van der Waals surface area contributed by atoms with Crippen molar-refractivity contribution in [2.24, 2.45) is 5.92 Å². The topological polar surface area (TPSA) is 80.1 Å². The summed E-state index contributed by atoms with van der Waals surface area (Å²) in [6.45, 7) is 10.5. The molecule has 0 aromatic carbocycles. The van der Waals surface area contributed by atoms with Crippen LogP contribution in [0, 0.1) is 12.8 Å². The molecule has 7 heteroatoms. The van der Waals surface area contributed by atoms with Gasteiger partial charge in [-0.25, -0.2) is 4.79 Å². The van der Waals surface area contributed by atoms with Crippen molar-refractivity contribution in [3.63, 3.8) is 0 Å². The van der Waals surface area contributed by atoms with Gasteiger partial charge in [0, 0.05) is 38.8 Å². The van der Waals surface area contributed by atoms with Gasteiger partial charge in [0.15, 0.2) is 0 Å². The Labute approximate surface area is 165 Å². The molecule has 0 bridgehead atoms. The Morgan fingerprint density at radius 1 is 1.21 bits per heavy atom. The smallest absolute Gasteiger partial charge is 0.349 e. The van der Waals surface area contributed by atoms with E-state index in [-0.39, 0.29) is 17.4 Å². The molecule has 1 aromatic rings. The second kappa shape index (κ2) is 8.47. The zero-order chi connectivity index (χ0) is 20.4. The highest BCUT2D eigenvalue weighted by Crippen LogP contribution is 2.27. The van der Waals surface area contributed by atoms with Gasteiger partial charge in [-0.05, 0) is 44.2 Å². The molecule has 1 aromatic heterocycles. The molecule has 154 valence electrons. The molecule has 2 fully saturated rings. The average molecular weight is 390 g/mol. The molecule has 3 rings (SSSR count). The lowest BCUT2D eigenvalue weighted by atomic mass is 9.95. The maximum atomic E-state index is 13.1. The molecule has 2 saturated heterocycles. The van der Waals surface area contributed by atoms with Crippen molar-refractivity contribution in [1.29, 1.82) is 0 Å². The van der Waals surface area contributed by atoms with Gasteiger partial charge in [-0.15, -0.1) is 0 Å². The van der Waals surface area contributed by atoms with Crippen molar-refractivity contribution in [1.82, 2.24) is 9.80 Å². The van der Waals surface area contributed by atoms with Crippen LogP contribution in [0.5, 0.6) is 0 Å². The molecular formula is C21H30N2O5. The zero-order valence-corrected chi connectivity index (χ0v) is 17.2. The number of carbonyl (C=O) groups excluding carboxylic acids is 2. The van der Waals surface area contributed by atoms with Crippen molar-refractivity contribution in [2.75, 3.05) is 32.8 Å². The van der Waals surface area contributed by atoms with E-state index in [0.29, 0.717) is 50.1 Å². The van der Waals surface area contributed by atoms with Crippen molar-refractivity contribution in [2.45, 2.75) is 52.5 Å². The minimum absolute atomic E-state index is 0.0350. The third-order valence-electron chi connectivity index (χ3n) is 5.60. The molecule has 2 aliphatic heterocycles. The lowest BCUT2D eigenvalue weighted by molar-refractivity contribution is -0.140. The van der Waals surface area contributed by atoms with E-state index in [1.807, 2.05) is 0 Å². The number of amides is 2. The van der Waals surface area contributed by atoms with Crippen LogP contribution in [0.4, 0.5) is 0 Å². The first-order valence-electron chi connectivity index (χ1n) is 10.1. The van der Waals surface area contributed by atoms with Crippen molar-refractivity contribution >= 4 is 11.8 Å². The van der Waals surface area contributed by atoms with E-state index < -0.39 is 17.6 Å². The third kappa shape index (κ3) is 4.14.